The molecule has 0 amide bonds. The lowest BCUT2D eigenvalue weighted by Gasteiger charge is -2.08. The van der Waals surface area contributed by atoms with E-state index in [2.05, 4.69) is 9.97 Å². The second kappa shape index (κ2) is 4.35. The van der Waals surface area contributed by atoms with Gasteiger partial charge in [0, 0.05) is 13.2 Å². The maximum Gasteiger partial charge on any atom is 0.247 e. The molecule has 5 heteroatoms. The molecule has 0 aliphatic heterocycles. The van der Waals surface area contributed by atoms with Gasteiger partial charge >= 0.3 is 0 Å². The molecule has 0 aliphatic carbocycles. The molecule has 19 heavy (non-hydrogen) atoms. The van der Waals surface area contributed by atoms with Crippen molar-refractivity contribution in [1.29, 1.82) is 0 Å². The minimum absolute atomic E-state index is 0.159. The molecule has 0 fully saturated rings. The smallest absolute Gasteiger partial charge is 0.247 e. The van der Waals surface area contributed by atoms with E-state index in [9.17, 15) is 4.39 Å². The van der Waals surface area contributed by atoms with Crippen LogP contribution < -0.4 is 4.74 Å². The Morgan fingerprint density at radius 1 is 1.21 bits per heavy atom. The lowest BCUT2D eigenvalue weighted by molar-refractivity contribution is 0.429. The predicted molar refractivity (Wildman–Crippen MR) is 69.7 cm³/mol. The number of hydrogen-bond acceptors (Lipinski definition) is 3. The lowest BCUT2D eigenvalue weighted by Crippen LogP contribution is -1.96. The topological polar surface area (TPSA) is 39.9 Å². The van der Waals surface area contributed by atoms with Crippen LogP contribution in [0.3, 0.4) is 0 Å². The third-order valence-electron chi connectivity index (χ3n) is 2.92. The second-order valence-electron chi connectivity index (χ2n) is 4.38. The summed E-state index contributed by atoms with van der Waals surface area (Å²) >= 11 is 0. The van der Waals surface area contributed by atoms with Crippen molar-refractivity contribution in [2.24, 2.45) is 7.05 Å². The Hall–Kier alpha value is -2.43. The Morgan fingerprint density at radius 3 is 2.84 bits per heavy atom. The van der Waals surface area contributed by atoms with Crippen molar-refractivity contribution in [3.05, 3.63) is 48.2 Å². The molecule has 1 aromatic carbocycles. The standard InChI is InChI=1S/C14H12FN3O/c1-9-3-4-12(10(15)7-9)19-14-13-11(16-8-17-14)5-6-18(13)2/h3-8H,1-2H3. The first kappa shape index (κ1) is 11.6. The van der Waals surface area contributed by atoms with Gasteiger partial charge in [-0.1, -0.05) is 6.07 Å². The van der Waals surface area contributed by atoms with Gasteiger partial charge < -0.3 is 9.30 Å². The highest BCUT2D eigenvalue weighted by Gasteiger charge is 2.11. The first-order valence-electron chi connectivity index (χ1n) is 5.85. The zero-order valence-corrected chi connectivity index (χ0v) is 10.6. The first-order chi connectivity index (χ1) is 9.15. The van der Waals surface area contributed by atoms with Crippen molar-refractivity contribution >= 4 is 11.0 Å². The maximum absolute atomic E-state index is 13.8. The molecule has 3 aromatic rings. The fourth-order valence-corrected chi connectivity index (χ4v) is 1.95. The van der Waals surface area contributed by atoms with E-state index in [0.29, 0.717) is 5.88 Å². The number of nitrogens with zero attached hydrogens (tertiary/aromatic N) is 3. The zero-order chi connectivity index (χ0) is 13.4. The summed E-state index contributed by atoms with van der Waals surface area (Å²) in [5.41, 5.74) is 2.35. The number of fused-ring (bicyclic) bond motifs is 1. The van der Waals surface area contributed by atoms with Gasteiger partial charge in [-0.25, -0.2) is 9.37 Å². The fraction of sp³-hybridized carbons (Fsp3) is 0.143. The van der Waals surface area contributed by atoms with Crippen LogP contribution >= 0.6 is 0 Å². The monoisotopic (exact) mass is 257 g/mol. The van der Waals surface area contributed by atoms with Gasteiger partial charge in [0.2, 0.25) is 5.88 Å². The van der Waals surface area contributed by atoms with E-state index in [1.807, 2.05) is 30.8 Å². The minimum Gasteiger partial charge on any atom is -0.434 e. The molecule has 0 atom stereocenters. The Labute approximate surface area is 109 Å². The fourth-order valence-electron chi connectivity index (χ4n) is 1.95. The number of hydrogen-bond donors (Lipinski definition) is 0. The van der Waals surface area contributed by atoms with E-state index in [0.717, 1.165) is 16.6 Å². The average molecular weight is 257 g/mol. The van der Waals surface area contributed by atoms with Crippen LogP contribution in [-0.4, -0.2) is 14.5 Å². The molecular formula is C14H12FN3O. The van der Waals surface area contributed by atoms with Crippen molar-refractivity contribution in [3.8, 4) is 11.6 Å². The van der Waals surface area contributed by atoms with Crippen molar-refractivity contribution in [3.63, 3.8) is 0 Å². The molecule has 2 heterocycles. The zero-order valence-electron chi connectivity index (χ0n) is 10.6. The van der Waals surface area contributed by atoms with Crippen LogP contribution in [0.1, 0.15) is 5.56 Å². The molecule has 0 saturated heterocycles. The molecule has 0 bridgehead atoms. The van der Waals surface area contributed by atoms with E-state index < -0.39 is 5.82 Å². The number of aromatic nitrogens is 3. The molecule has 0 unspecified atom stereocenters. The van der Waals surface area contributed by atoms with Gasteiger partial charge in [0.25, 0.3) is 0 Å². The van der Waals surface area contributed by atoms with Crippen molar-refractivity contribution in [2.75, 3.05) is 0 Å². The molecule has 0 radical (unpaired) electrons. The number of ether oxygens (including phenoxy) is 1. The summed E-state index contributed by atoms with van der Waals surface area (Å²) in [4.78, 5) is 8.21. The van der Waals surface area contributed by atoms with E-state index >= 15 is 0 Å². The van der Waals surface area contributed by atoms with E-state index in [-0.39, 0.29) is 5.75 Å². The lowest BCUT2D eigenvalue weighted by atomic mass is 10.2. The Morgan fingerprint density at radius 2 is 2.05 bits per heavy atom. The molecule has 4 nitrogen and oxygen atoms in total. The normalized spacial score (nSPS) is 10.9. The first-order valence-corrected chi connectivity index (χ1v) is 5.85. The van der Waals surface area contributed by atoms with Crippen LogP contribution in [0.5, 0.6) is 11.6 Å². The van der Waals surface area contributed by atoms with E-state index in [4.69, 9.17) is 4.74 Å². The second-order valence-corrected chi connectivity index (χ2v) is 4.38. The number of benzene rings is 1. The predicted octanol–water partition coefficient (Wildman–Crippen LogP) is 3.21. The largest absolute Gasteiger partial charge is 0.434 e. The molecule has 96 valence electrons. The van der Waals surface area contributed by atoms with Crippen molar-refractivity contribution in [1.82, 2.24) is 14.5 Å². The summed E-state index contributed by atoms with van der Waals surface area (Å²) in [6.07, 6.45) is 3.27. The van der Waals surface area contributed by atoms with Gasteiger partial charge in [-0.2, -0.15) is 4.98 Å². The summed E-state index contributed by atoms with van der Waals surface area (Å²) in [5, 5.41) is 0. The van der Waals surface area contributed by atoms with Crippen LogP contribution in [0.25, 0.3) is 11.0 Å². The molecule has 3 rings (SSSR count). The third-order valence-corrected chi connectivity index (χ3v) is 2.92. The quantitative estimate of drug-likeness (QED) is 0.707. The Kier molecular flexibility index (Phi) is 2.67. The van der Waals surface area contributed by atoms with Crippen LogP contribution in [0, 0.1) is 12.7 Å². The molecule has 0 spiro atoms. The molecule has 2 aromatic heterocycles. The van der Waals surface area contributed by atoms with Crippen molar-refractivity contribution < 1.29 is 9.13 Å². The van der Waals surface area contributed by atoms with E-state index in [1.165, 1.54) is 12.4 Å². The minimum atomic E-state index is -0.402. The molecule has 0 aliphatic rings. The van der Waals surface area contributed by atoms with Gasteiger partial charge in [0.15, 0.2) is 11.6 Å². The third kappa shape index (κ3) is 2.03. The van der Waals surface area contributed by atoms with Crippen LogP contribution in [0.4, 0.5) is 4.39 Å². The Balaban J connectivity index is 2.08. The van der Waals surface area contributed by atoms with Crippen LogP contribution in [0.2, 0.25) is 0 Å². The van der Waals surface area contributed by atoms with E-state index in [1.54, 1.807) is 12.1 Å². The summed E-state index contributed by atoms with van der Waals surface area (Å²) in [5.74, 6) is 0.105. The van der Waals surface area contributed by atoms with Crippen molar-refractivity contribution in [2.45, 2.75) is 6.92 Å². The molecular weight excluding hydrogens is 245 g/mol. The number of aryl methyl sites for hydroxylation is 2. The highest BCUT2D eigenvalue weighted by atomic mass is 19.1. The van der Waals surface area contributed by atoms with Gasteiger partial charge in [0.1, 0.15) is 11.8 Å². The maximum atomic E-state index is 13.8. The summed E-state index contributed by atoms with van der Waals surface area (Å²) in [6.45, 7) is 1.83. The molecule has 0 saturated carbocycles. The van der Waals surface area contributed by atoms with Gasteiger partial charge in [0.05, 0.1) is 5.52 Å². The van der Waals surface area contributed by atoms with Gasteiger partial charge in [-0.15, -0.1) is 0 Å². The van der Waals surface area contributed by atoms with Crippen LogP contribution in [0.15, 0.2) is 36.8 Å². The summed E-state index contributed by atoms with van der Waals surface area (Å²) in [6, 6.07) is 6.68. The van der Waals surface area contributed by atoms with Gasteiger partial charge in [-0.05, 0) is 30.7 Å². The van der Waals surface area contributed by atoms with Gasteiger partial charge in [-0.3, -0.25) is 0 Å². The highest BCUT2D eigenvalue weighted by molar-refractivity contribution is 5.80. The highest BCUT2D eigenvalue weighted by Crippen LogP contribution is 2.28. The molecule has 0 N–H and O–H groups in total. The Bertz CT molecular complexity index is 752. The number of rotatable bonds is 2. The summed E-state index contributed by atoms with van der Waals surface area (Å²) < 4.78 is 21.2. The average Bonchev–Trinajstić information content (AvgIpc) is 2.76. The van der Waals surface area contributed by atoms with Crippen LogP contribution in [-0.2, 0) is 7.05 Å². The summed E-state index contributed by atoms with van der Waals surface area (Å²) in [7, 11) is 1.87. The SMILES string of the molecule is Cc1ccc(Oc2ncnc3ccn(C)c23)c(F)c1. The number of halogens is 1.